The van der Waals surface area contributed by atoms with Crippen LogP contribution in [-0.2, 0) is 19.0 Å². The van der Waals surface area contributed by atoms with Gasteiger partial charge < -0.3 is 14.2 Å². The van der Waals surface area contributed by atoms with Gasteiger partial charge in [-0.05, 0) is 6.42 Å². The maximum atomic E-state index is 11.5. The molecule has 2 unspecified atom stereocenters. The van der Waals surface area contributed by atoms with E-state index in [9.17, 15) is 4.79 Å². The van der Waals surface area contributed by atoms with Crippen LogP contribution in [0.4, 0.5) is 0 Å². The average molecular weight is 214 g/mol. The van der Waals surface area contributed by atoms with Crippen LogP contribution in [0.2, 0.25) is 0 Å². The number of rotatable bonds is 3. The summed E-state index contributed by atoms with van der Waals surface area (Å²) >= 11 is 0. The minimum absolute atomic E-state index is 0.0342. The molecule has 0 N–H and O–H groups in total. The van der Waals surface area contributed by atoms with Crippen LogP contribution in [0.5, 0.6) is 0 Å². The monoisotopic (exact) mass is 214 g/mol. The highest BCUT2D eigenvalue weighted by molar-refractivity contribution is 5.74. The van der Waals surface area contributed by atoms with Gasteiger partial charge in [0, 0.05) is 12.3 Å². The fourth-order valence-electron chi connectivity index (χ4n) is 2.68. The van der Waals surface area contributed by atoms with Crippen molar-refractivity contribution in [2.75, 3.05) is 20.3 Å². The number of carbonyl (C=O) groups excluding carboxylic acids is 1. The standard InChI is InChI=1S/C11H18O4/c1-3-4-9-8(10(12)13-2)7-11(9)14-5-6-15-11/h8-9H,3-7H2,1-2H3. The van der Waals surface area contributed by atoms with Crippen molar-refractivity contribution in [3.63, 3.8) is 0 Å². The maximum Gasteiger partial charge on any atom is 0.309 e. The van der Waals surface area contributed by atoms with Crippen molar-refractivity contribution in [1.29, 1.82) is 0 Å². The van der Waals surface area contributed by atoms with Crippen molar-refractivity contribution in [3.05, 3.63) is 0 Å². The van der Waals surface area contributed by atoms with Crippen LogP contribution in [0.25, 0.3) is 0 Å². The van der Waals surface area contributed by atoms with Gasteiger partial charge >= 0.3 is 5.97 Å². The number of hydrogen-bond donors (Lipinski definition) is 0. The van der Waals surface area contributed by atoms with Gasteiger partial charge in [-0.15, -0.1) is 0 Å². The van der Waals surface area contributed by atoms with Crippen molar-refractivity contribution in [3.8, 4) is 0 Å². The number of ether oxygens (including phenoxy) is 3. The van der Waals surface area contributed by atoms with Gasteiger partial charge in [0.1, 0.15) is 0 Å². The molecule has 0 amide bonds. The Balaban J connectivity index is 2.03. The number of methoxy groups -OCH3 is 1. The molecular formula is C11H18O4. The molecule has 1 aliphatic carbocycles. The van der Waals surface area contributed by atoms with E-state index in [4.69, 9.17) is 14.2 Å². The summed E-state index contributed by atoms with van der Waals surface area (Å²) in [6.07, 6.45) is 2.65. The minimum atomic E-state index is -0.463. The molecule has 4 nitrogen and oxygen atoms in total. The summed E-state index contributed by atoms with van der Waals surface area (Å²) in [5, 5.41) is 0. The second-order valence-corrected chi connectivity index (χ2v) is 4.24. The summed E-state index contributed by atoms with van der Waals surface area (Å²) in [7, 11) is 1.44. The zero-order valence-electron chi connectivity index (χ0n) is 9.32. The van der Waals surface area contributed by atoms with Crippen LogP contribution in [-0.4, -0.2) is 32.1 Å². The SMILES string of the molecule is CCCC1C(C(=O)OC)CC12OCCO2. The van der Waals surface area contributed by atoms with Crippen LogP contribution >= 0.6 is 0 Å². The Morgan fingerprint density at radius 2 is 2.13 bits per heavy atom. The Morgan fingerprint density at radius 1 is 1.47 bits per heavy atom. The van der Waals surface area contributed by atoms with E-state index in [-0.39, 0.29) is 17.8 Å². The second kappa shape index (κ2) is 4.10. The van der Waals surface area contributed by atoms with Gasteiger partial charge in [0.2, 0.25) is 0 Å². The lowest BCUT2D eigenvalue weighted by atomic mass is 9.66. The molecular weight excluding hydrogens is 196 g/mol. The van der Waals surface area contributed by atoms with Crippen LogP contribution < -0.4 is 0 Å². The molecule has 2 atom stereocenters. The van der Waals surface area contributed by atoms with E-state index in [2.05, 4.69) is 6.92 Å². The lowest BCUT2D eigenvalue weighted by Crippen LogP contribution is -2.57. The highest BCUT2D eigenvalue weighted by atomic mass is 16.7. The minimum Gasteiger partial charge on any atom is -0.469 e. The first kappa shape index (κ1) is 10.9. The molecule has 2 fully saturated rings. The lowest BCUT2D eigenvalue weighted by molar-refractivity contribution is -0.277. The highest BCUT2D eigenvalue weighted by Crippen LogP contribution is 2.52. The van der Waals surface area contributed by atoms with Crippen molar-refractivity contribution in [2.24, 2.45) is 11.8 Å². The van der Waals surface area contributed by atoms with Gasteiger partial charge in [-0.3, -0.25) is 4.79 Å². The van der Waals surface area contributed by atoms with Crippen LogP contribution in [0, 0.1) is 11.8 Å². The molecule has 86 valence electrons. The first-order valence-electron chi connectivity index (χ1n) is 5.59. The van der Waals surface area contributed by atoms with Crippen molar-refractivity contribution < 1.29 is 19.0 Å². The second-order valence-electron chi connectivity index (χ2n) is 4.24. The quantitative estimate of drug-likeness (QED) is 0.665. The highest BCUT2D eigenvalue weighted by Gasteiger charge is 2.60. The smallest absolute Gasteiger partial charge is 0.309 e. The first-order valence-corrected chi connectivity index (χ1v) is 5.59. The third-order valence-corrected chi connectivity index (χ3v) is 3.43. The van der Waals surface area contributed by atoms with Gasteiger partial charge in [-0.1, -0.05) is 13.3 Å². The molecule has 0 radical (unpaired) electrons. The molecule has 15 heavy (non-hydrogen) atoms. The van der Waals surface area contributed by atoms with Crippen LogP contribution in [0.3, 0.4) is 0 Å². The lowest BCUT2D eigenvalue weighted by Gasteiger charge is -2.49. The summed E-state index contributed by atoms with van der Waals surface area (Å²) in [4.78, 5) is 11.5. The fraction of sp³-hybridized carbons (Fsp3) is 0.909. The van der Waals surface area contributed by atoms with E-state index in [1.54, 1.807) is 0 Å². The van der Waals surface area contributed by atoms with Gasteiger partial charge in [0.15, 0.2) is 5.79 Å². The Kier molecular flexibility index (Phi) is 2.98. The molecule has 0 bridgehead atoms. The predicted molar refractivity (Wildman–Crippen MR) is 53.2 cm³/mol. The topological polar surface area (TPSA) is 44.8 Å². The van der Waals surface area contributed by atoms with E-state index >= 15 is 0 Å². The molecule has 1 spiro atoms. The Hall–Kier alpha value is -0.610. The summed E-state index contributed by atoms with van der Waals surface area (Å²) < 4.78 is 16.1. The largest absolute Gasteiger partial charge is 0.469 e. The fourth-order valence-corrected chi connectivity index (χ4v) is 2.68. The summed E-state index contributed by atoms with van der Waals surface area (Å²) in [6, 6.07) is 0. The number of hydrogen-bond acceptors (Lipinski definition) is 4. The Labute approximate surface area is 89.9 Å². The Bertz CT molecular complexity index is 245. The zero-order valence-corrected chi connectivity index (χ0v) is 9.32. The van der Waals surface area contributed by atoms with Gasteiger partial charge in [-0.2, -0.15) is 0 Å². The van der Waals surface area contributed by atoms with Crippen molar-refractivity contribution in [1.82, 2.24) is 0 Å². The van der Waals surface area contributed by atoms with Crippen molar-refractivity contribution in [2.45, 2.75) is 32.0 Å². The van der Waals surface area contributed by atoms with Gasteiger partial charge in [0.05, 0.1) is 26.2 Å². The van der Waals surface area contributed by atoms with Crippen molar-refractivity contribution >= 4 is 5.97 Å². The molecule has 1 aliphatic heterocycles. The van der Waals surface area contributed by atoms with E-state index in [0.717, 1.165) is 12.8 Å². The van der Waals surface area contributed by atoms with Gasteiger partial charge in [-0.25, -0.2) is 0 Å². The third kappa shape index (κ3) is 1.66. The molecule has 0 aromatic rings. The summed E-state index contributed by atoms with van der Waals surface area (Å²) in [5.41, 5.74) is 0. The van der Waals surface area contributed by atoms with E-state index in [1.807, 2.05) is 0 Å². The summed E-state index contributed by atoms with van der Waals surface area (Å²) in [6.45, 7) is 3.40. The van der Waals surface area contributed by atoms with Gasteiger partial charge in [0.25, 0.3) is 0 Å². The molecule has 1 heterocycles. The molecule has 1 saturated heterocycles. The molecule has 2 aliphatic rings. The molecule has 1 saturated carbocycles. The predicted octanol–water partition coefficient (Wildman–Crippen LogP) is 1.34. The van der Waals surface area contributed by atoms with E-state index < -0.39 is 5.79 Å². The zero-order chi connectivity index (χ0) is 10.9. The molecule has 2 rings (SSSR count). The molecule has 0 aromatic heterocycles. The van der Waals surface area contributed by atoms with E-state index in [0.29, 0.717) is 19.6 Å². The van der Waals surface area contributed by atoms with Crippen LogP contribution in [0.15, 0.2) is 0 Å². The molecule has 0 aromatic carbocycles. The number of esters is 1. The summed E-state index contributed by atoms with van der Waals surface area (Å²) in [5.74, 6) is -0.446. The van der Waals surface area contributed by atoms with Crippen LogP contribution in [0.1, 0.15) is 26.2 Å². The number of carbonyl (C=O) groups is 1. The average Bonchev–Trinajstić information content (AvgIpc) is 2.73. The molecule has 4 heteroatoms. The maximum absolute atomic E-state index is 11.5. The van der Waals surface area contributed by atoms with E-state index in [1.165, 1.54) is 7.11 Å². The normalized spacial score (nSPS) is 32.7. The Morgan fingerprint density at radius 3 is 2.67 bits per heavy atom. The third-order valence-electron chi connectivity index (χ3n) is 3.43. The first-order chi connectivity index (χ1) is 7.23.